The number of urea groups is 1. The van der Waals surface area contributed by atoms with Crippen LogP contribution in [0.5, 0.6) is 0 Å². The van der Waals surface area contributed by atoms with Crippen LogP contribution in [0.1, 0.15) is 30.9 Å². The first-order chi connectivity index (χ1) is 13.4. The summed E-state index contributed by atoms with van der Waals surface area (Å²) in [6, 6.07) is 15.6. The van der Waals surface area contributed by atoms with Gasteiger partial charge < -0.3 is 10.2 Å². The van der Waals surface area contributed by atoms with Gasteiger partial charge in [-0.25, -0.2) is 9.18 Å². The fourth-order valence-electron chi connectivity index (χ4n) is 4.48. The van der Waals surface area contributed by atoms with Crippen molar-refractivity contribution in [2.45, 2.75) is 44.4 Å². The van der Waals surface area contributed by atoms with Crippen LogP contribution < -0.4 is 5.32 Å². The van der Waals surface area contributed by atoms with E-state index in [2.05, 4.69) is 50.4 Å². The molecule has 0 aliphatic carbocycles. The molecule has 3 fully saturated rings. The first kappa shape index (κ1) is 19.4. The molecule has 3 saturated heterocycles. The van der Waals surface area contributed by atoms with Gasteiger partial charge in [0, 0.05) is 36.1 Å². The molecule has 2 unspecified atom stereocenters. The van der Waals surface area contributed by atoms with Crippen LogP contribution in [0.15, 0.2) is 53.0 Å². The SMILES string of the molecule is CC(C)NC(=O)N1C2CN(Cc3ccc(F)cc3)CC1C2c1ccc(Br)cc1. The normalized spacial score (nSPS) is 24.2. The summed E-state index contributed by atoms with van der Waals surface area (Å²) in [7, 11) is 0. The van der Waals surface area contributed by atoms with E-state index < -0.39 is 0 Å². The van der Waals surface area contributed by atoms with Gasteiger partial charge in [0.25, 0.3) is 0 Å². The number of hydrogen-bond donors (Lipinski definition) is 1. The number of carbonyl (C=O) groups is 1. The minimum absolute atomic E-state index is 0.0276. The maximum atomic E-state index is 13.2. The van der Waals surface area contributed by atoms with E-state index in [1.807, 2.05) is 30.9 Å². The van der Waals surface area contributed by atoms with E-state index in [1.165, 1.54) is 17.7 Å². The smallest absolute Gasteiger partial charge is 0.318 e. The zero-order valence-corrected chi connectivity index (χ0v) is 17.7. The number of benzene rings is 2. The summed E-state index contributed by atoms with van der Waals surface area (Å²) in [6.07, 6.45) is 0. The third kappa shape index (κ3) is 3.80. The number of fused-ring (bicyclic) bond motifs is 2. The van der Waals surface area contributed by atoms with Crippen molar-refractivity contribution in [3.63, 3.8) is 0 Å². The molecule has 2 aromatic rings. The summed E-state index contributed by atoms with van der Waals surface area (Å²) in [6.45, 7) is 6.39. The number of piperazine rings is 1. The molecule has 148 valence electrons. The van der Waals surface area contributed by atoms with E-state index in [0.29, 0.717) is 5.92 Å². The van der Waals surface area contributed by atoms with Gasteiger partial charge in [0.1, 0.15) is 5.82 Å². The number of carbonyl (C=O) groups excluding carboxylic acids is 1. The van der Waals surface area contributed by atoms with Gasteiger partial charge in [-0.2, -0.15) is 0 Å². The molecule has 3 aliphatic heterocycles. The van der Waals surface area contributed by atoms with Gasteiger partial charge in [0.2, 0.25) is 0 Å². The molecule has 1 N–H and O–H groups in total. The number of nitrogens with zero attached hydrogens (tertiary/aromatic N) is 2. The fourth-order valence-corrected chi connectivity index (χ4v) is 4.75. The largest absolute Gasteiger partial charge is 0.336 e. The zero-order valence-electron chi connectivity index (χ0n) is 16.1. The van der Waals surface area contributed by atoms with Crippen molar-refractivity contribution in [2.75, 3.05) is 13.1 Å². The monoisotopic (exact) mass is 445 g/mol. The van der Waals surface area contributed by atoms with Gasteiger partial charge in [-0.3, -0.25) is 4.90 Å². The van der Waals surface area contributed by atoms with Crippen LogP contribution in [-0.2, 0) is 6.54 Å². The van der Waals surface area contributed by atoms with E-state index in [-0.39, 0.29) is 30.0 Å². The highest BCUT2D eigenvalue weighted by molar-refractivity contribution is 9.10. The van der Waals surface area contributed by atoms with Crippen molar-refractivity contribution in [1.82, 2.24) is 15.1 Å². The molecule has 2 aromatic carbocycles. The lowest BCUT2D eigenvalue weighted by molar-refractivity contribution is -0.0625. The predicted molar refractivity (Wildman–Crippen MR) is 112 cm³/mol. The van der Waals surface area contributed by atoms with Gasteiger partial charge in [-0.15, -0.1) is 0 Å². The number of nitrogens with one attached hydrogen (secondary N) is 1. The first-order valence-electron chi connectivity index (χ1n) is 9.73. The number of piperidine rings is 1. The summed E-state index contributed by atoms with van der Waals surface area (Å²) in [5, 5.41) is 3.04. The molecule has 3 heterocycles. The molecule has 0 saturated carbocycles. The highest BCUT2D eigenvalue weighted by Crippen LogP contribution is 2.45. The quantitative estimate of drug-likeness (QED) is 0.758. The maximum absolute atomic E-state index is 13.2. The van der Waals surface area contributed by atoms with Crippen molar-refractivity contribution in [3.05, 3.63) is 69.9 Å². The molecule has 2 bridgehead atoms. The summed E-state index contributed by atoms with van der Waals surface area (Å²) >= 11 is 3.50. The van der Waals surface area contributed by atoms with Crippen LogP contribution in [0.4, 0.5) is 9.18 Å². The van der Waals surface area contributed by atoms with Crippen molar-refractivity contribution < 1.29 is 9.18 Å². The molecule has 2 amide bonds. The van der Waals surface area contributed by atoms with Gasteiger partial charge >= 0.3 is 6.03 Å². The first-order valence-corrected chi connectivity index (χ1v) is 10.5. The van der Waals surface area contributed by atoms with Crippen LogP contribution in [0.2, 0.25) is 0 Å². The molecular weight excluding hydrogens is 421 g/mol. The summed E-state index contributed by atoms with van der Waals surface area (Å²) in [5.74, 6) is 0.146. The minimum atomic E-state index is -0.211. The molecule has 5 rings (SSSR count). The second-order valence-electron chi connectivity index (χ2n) is 8.04. The highest BCUT2D eigenvalue weighted by Gasteiger charge is 2.55. The molecule has 6 heteroatoms. The Hall–Kier alpha value is -1.92. The molecule has 28 heavy (non-hydrogen) atoms. The van der Waals surface area contributed by atoms with Gasteiger partial charge in [0.15, 0.2) is 0 Å². The standard InChI is InChI=1S/C22H25BrFN3O/c1-14(2)25-22(28)27-19-12-26(11-15-3-9-18(24)10-4-15)13-20(27)21(19)16-5-7-17(23)8-6-16/h3-10,14,19-21H,11-13H2,1-2H3,(H,25,28). The Morgan fingerprint density at radius 1 is 1.11 bits per heavy atom. The van der Waals surface area contributed by atoms with Gasteiger partial charge in [-0.05, 0) is 49.2 Å². The van der Waals surface area contributed by atoms with E-state index in [1.54, 1.807) is 0 Å². The Morgan fingerprint density at radius 2 is 1.71 bits per heavy atom. The highest BCUT2D eigenvalue weighted by atomic mass is 79.9. The lowest BCUT2D eigenvalue weighted by atomic mass is 9.72. The molecule has 0 aromatic heterocycles. The van der Waals surface area contributed by atoms with Crippen molar-refractivity contribution in [3.8, 4) is 0 Å². The van der Waals surface area contributed by atoms with Crippen LogP contribution in [-0.4, -0.2) is 47.0 Å². The molecule has 0 radical (unpaired) electrons. The number of rotatable bonds is 4. The van der Waals surface area contributed by atoms with Crippen LogP contribution in [0.3, 0.4) is 0 Å². The number of halogens is 2. The molecule has 4 nitrogen and oxygen atoms in total. The Balaban J connectivity index is 1.51. The lowest BCUT2D eigenvalue weighted by Gasteiger charge is -2.61. The van der Waals surface area contributed by atoms with Crippen molar-refractivity contribution >= 4 is 22.0 Å². The molecule has 0 spiro atoms. The third-order valence-corrected chi connectivity index (χ3v) is 6.18. The van der Waals surface area contributed by atoms with Crippen molar-refractivity contribution in [1.29, 1.82) is 0 Å². The zero-order chi connectivity index (χ0) is 19.8. The van der Waals surface area contributed by atoms with Gasteiger partial charge in [-0.1, -0.05) is 40.2 Å². The average molecular weight is 446 g/mol. The fraction of sp³-hybridized carbons (Fsp3) is 0.409. The molecule has 2 atom stereocenters. The van der Waals surface area contributed by atoms with E-state index in [4.69, 9.17) is 0 Å². The molecule has 3 aliphatic rings. The predicted octanol–water partition coefficient (Wildman–Crippen LogP) is 4.36. The third-order valence-electron chi connectivity index (χ3n) is 5.66. The maximum Gasteiger partial charge on any atom is 0.318 e. The van der Waals surface area contributed by atoms with Crippen molar-refractivity contribution in [2.24, 2.45) is 0 Å². The Bertz CT molecular complexity index is 826. The summed E-state index contributed by atoms with van der Waals surface area (Å²) < 4.78 is 14.2. The minimum Gasteiger partial charge on any atom is -0.336 e. The molecular formula is C22H25BrFN3O. The summed E-state index contributed by atoms with van der Waals surface area (Å²) in [4.78, 5) is 17.1. The Morgan fingerprint density at radius 3 is 2.29 bits per heavy atom. The topological polar surface area (TPSA) is 35.6 Å². The van der Waals surface area contributed by atoms with Crippen LogP contribution in [0.25, 0.3) is 0 Å². The Labute approximate surface area is 173 Å². The van der Waals surface area contributed by atoms with E-state index in [9.17, 15) is 9.18 Å². The van der Waals surface area contributed by atoms with Crippen LogP contribution >= 0.6 is 15.9 Å². The number of amides is 2. The van der Waals surface area contributed by atoms with Crippen LogP contribution in [0, 0.1) is 5.82 Å². The average Bonchev–Trinajstić information content (AvgIpc) is 2.65. The van der Waals surface area contributed by atoms with E-state index in [0.717, 1.165) is 29.7 Å². The lowest BCUT2D eigenvalue weighted by Crippen LogP contribution is -2.75. The van der Waals surface area contributed by atoms with Gasteiger partial charge in [0.05, 0.1) is 12.1 Å². The summed E-state index contributed by atoms with van der Waals surface area (Å²) in [5.41, 5.74) is 2.38. The Kier molecular flexibility index (Phi) is 5.43. The number of hydrogen-bond acceptors (Lipinski definition) is 2. The van der Waals surface area contributed by atoms with E-state index >= 15 is 0 Å². The second-order valence-corrected chi connectivity index (χ2v) is 8.96. The second kappa shape index (κ2) is 7.84.